The molecule has 1 fully saturated rings. The number of hydrogen-bond acceptors (Lipinski definition) is 3. The van der Waals surface area contributed by atoms with E-state index in [-0.39, 0.29) is 24.6 Å². The number of nitrogens with one attached hydrogen (secondary N) is 1. The number of aliphatic hydroxyl groups excluding tert-OH is 1. The first-order valence-corrected chi connectivity index (χ1v) is 6.27. The van der Waals surface area contributed by atoms with E-state index in [4.69, 9.17) is 0 Å². The van der Waals surface area contributed by atoms with E-state index in [1.807, 2.05) is 13.8 Å². The van der Waals surface area contributed by atoms with Crippen molar-refractivity contribution in [3.63, 3.8) is 0 Å². The minimum atomic E-state index is 0.0651. The second-order valence-electron chi connectivity index (χ2n) is 4.88. The quantitative estimate of drug-likeness (QED) is 0.746. The number of aliphatic hydroxyl groups is 1. The lowest BCUT2D eigenvalue weighted by Crippen LogP contribution is -2.45. The van der Waals surface area contributed by atoms with Gasteiger partial charge in [0.25, 0.3) is 0 Å². The third-order valence-corrected chi connectivity index (χ3v) is 3.01. The number of carbonyl (C=O) groups is 1. The van der Waals surface area contributed by atoms with E-state index in [9.17, 15) is 9.90 Å². The van der Waals surface area contributed by atoms with Crippen molar-refractivity contribution < 1.29 is 9.90 Å². The van der Waals surface area contributed by atoms with Crippen LogP contribution in [0.1, 0.15) is 39.5 Å². The first-order chi connectivity index (χ1) is 7.63. The fraction of sp³-hybridized carbons (Fsp3) is 0.917. The van der Waals surface area contributed by atoms with E-state index in [0.717, 1.165) is 25.8 Å². The van der Waals surface area contributed by atoms with Crippen molar-refractivity contribution in [3.05, 3.63) is 0 Å². The predicted octanol–water partition coefficient (Wildman–Crippen LogP) is 0.748. The Balaban J connectivity index is 2.44. The van der Waals surface area contributed by atoms with Crippen molar-refractivity contribution in [1.29, 1.82) is 0 Å². The highest BCUT2D eigenvalue weighted by Crippen LogP contribution is 2.15. The molecule has 1 amide bonds. The lowest BCUT2D eigenvalue weighted by molar-refractivity contribution is -0.123. The average Bonchev–Trinajstić information content (AvgIpc) is 2.41. The molecule has 4 heteroatoms. The topological polar surface area (TPSA) is 52.6 Å². The normalized spacial score (nSPS) is 23.1. The van der Waals surface area contributed by atoms with Gasteiger partial charge in [-0.1, -0.05) is 12.8 Å². The molecule has 0 aromatic carbocycles. The summed E-state index contributed by atoms with van der Waals surface area (Å²) in [5, 5.41) is 12.2. The van der Waals surface area contributed by atoms with Crippen molar-refractivity contribution in [2.24, 2.45) is 0 Å². The van der Waals surface area contributed by atoms with E-state index in [2.05, 4.69) is 10.2 Å². The molecule has 1 atom stereocenters. The van der Waals surface area contributed by atoms with Gasteiger partial charge in [0, 0.05) is 12.1 Å². The second-order valence-corrected chi connectivity index (χ2v) is 4.88. The first-order valence-electron chi connectivity index (χ1n) is 6.27. The summed E-state index contributed by atoms with van der Waals surface area (Å²) in [6, 6.07) is 0.354. The third-order valence-electron chi connectivity index (χ3n) is 3.01. The Morgan fingerprint density at radius 2 is 2.19 bits per heavy atom. The van der Waals surface area contributed by atoms with Crippen LogP contribution in [0.3, 0.4) is 0 Å². The summed E-state index contributed by atoms with van der Waals surface area (Å²) < 4.78 is 0. The fourth-order valence-electron chi connectivity index (χ4n) is 2.20. The van der Waals surface area contributed by atoms with E-state index >= 15 is 0 Å². The zero-order valence-electron chi connectivity index (χ0n) is 10.4. The van der Waals surface area contributed by atoms with Gasteiger partial charge in [0.05, 0.1) is 13.2 Å². The van der Waals surface area contributed by atoms with Crippen LogP contribution < -0.4 is 5.32 Å². The summed E-state index contributed by atoms with van der Waals surface area (Å²) in [5.41, 5.74) is 0. The molecule has 2 N–H and O–H groups in total. The van der Waals surface area contributed by atoms with Gasteiger partial charge in [-0.2, -0.15) is 0 Å². The summed E-state index contributed by atoms with van der Waals surface area (Å²) in [4.78, 5) is 13.8. The highest BCUT2D eigenvalue weighted by atomic mass is 16.3. The van der Waals surface area contributed by atoms with Crippen LogP contribution in [0.25, 0.3) is 0 Å². The zero-order chi connectivity index (χ0) is 12.0. The highest BCUT2D eigenvalue weighted by Gasteiger charge is 2.22. The van der Waals surface area contributed by atoms with Gasteiger partial charge in [0.2, 0.25) is 5.91 Å². The Morgan fingerprint density at radius 1 is 1.44 bits per heavy atom. The minimum Gasteiger partial charge on any atom is -0.395 e. The van der Waals surface area contributed by atoms with E-state index in [1.54, 1.807) is 0 Å². The van der Waals surface area contributed by atoms with Gasteiger partial charge in [0.1, 0.15) is 0 Å². The van der Waals surface area contributed by atoms with Crippen LogP contribution in [0, 0.1) is 0 Å². The van der Waals surface area contributed by atoms with Crippen molar-refractivity contribution in [3.8, 4) is 0 Å². The maximum absolute atomic E-state index is 11.7. The standard InChI is InChI=1S/C12H24N2O2/c1-10(2)13-12(16)8-14-7-5-3-4-6-11(14)9-15/h10-11,15H,3-9H2,1-2H3,(H,13,16). The minimum absolute atomic E-state index is 0.0651. The molecule has 0 aromatic rings. The number of carbonyl (C=O) groups excluding carboxylic acids is 1. The van der Waals surface area contributed by atoms with Crippen molar-refractivity contribution in [2.75, 3.05) is 19.7 Å². The van der Waals surface area contributed by atoms with Crippen LogP contribution >= 0.6 is 0 Å². The molecule has 1 saturated heterocycles. The van der Waals surface area contributed by atoms with Gasteiger partial charge in [-0.3, -0.25) is 9.69 Å². The highest BCUT2D eigenvalue weighted by molar-refractivity contribution is 5.78. The molecule has 0 aromatic heterocycles. The third kappa shape index (κ3) is 4.49. The fourth-order valence-corrected chi connectivity index (χ4v) is 2.20. The number of amides is 1. The molecule has 16 heavy (non-hydrogen) atoms. The van der Waals surface area contributed by atoms with Crippen LogP contribution in [0.15, 0.2) is 0 Å². The molecule has 0 saturated carbocycles. The van der Waals surface area contributed by atoms with Crippen molar-refractivity contribution >= 4 is 5.91 Å². The molecule has 1 unspecified atom stereocenters. The van der Waals surface area contributed by atoms with E-state index < -0.39 is 0 Å². The summed E-state index contributed by atoms with van der Waals surface area (Å²) >= 11 is 0. The van der Waals surface area contributed by atoms with E-state index in [1.165, 1.54) is 6.42 Å². The molecule has 0 radical (unpaired) electrons. The number of likely N-dealkylation sites (tertiary alicyclic amines) is 1. The Morgan fingerprint density at radius 3 is 2.81 bits per heavy atom. The lowest BCUT2D eigenvalue weighted by atomic mass is 10.1. The van der Waals surface area contributed by atoms with Gasteiger partial charge >= 0.3 is 0 Å². The molecular weight excluding hydrogens is 204 g/mol. The average molecular weight is 228 g/mol. The molecule has 0 bridgehead atoms. The Labute approximate surface area is 98.0 Å². The molecule has 1 rings (SSSR count). The van der Waals surface area contributed by atoms with Crippen LogP contribution in [0.5, 0.6) is 0 Å². The Kier molecular flexibility index (Phi) is 5.77. The number of rotatable bonds is 4. The summed E-state index contributed by atoms with van der Waals surface area (Å²) in [6.07, 6.45) is 4.50. The monoisotopic (exact) mass is 228 g/mol. The molecule has 1 aliphatic heterocycles. The molecule has 4 nitrogen and oxygen atoms in total. The molecule has 1 heterocycles. The number of hydrogen-bond donors (Lipinski definition) is 2. The van der Waals surface area contributed by atoms with Gasteiger partial charge in [-0.15, -0.1) is 0 Å². The molecule has 0 aliphatic carbocycles. The Hall–Kier alpha value is -0.610. The van der Waals surface area contributed by atoms with E-state index in [0.29, 0.717) is 6.54 Å². The van der Waals surface area contributed by atoms with Gasteiger partial charge < -0.3 is 10.4 Å². The zero-order valence-corrected chi connectivity index (χ0v) is 10.4. The number of nitrogens with zero attached hydrogens (tertiary/aromatic N) is 1. The van der Waals surface area contributed by atoms with Crippen LogP contribution in [0.4, 0.5) is 0 Å². The van der Waals surface area contributed by atoms with Crippen LogP contribution in [-0.4, -0.2) is 47.7 Å². The molecular formula is C12H24N2O2. The second kappa shape index (κ2) is 6.86. The largest absolute Gasteiger partial charge is 0.395 e. The first kappa shape index (κ1) is 13.5. The maximum Gasteiger partial charge on any atom is 0.234 e. The smallest absolute Gasteiger partial charge is 0.234 e. The molecule has 0 spiro atoms. The summed E-state index contributed by atoms with van der Waals surface area (Å²) in [7, 11) is 0. The maximum atomic E-state index is 11.7. The lowest BCUT2D eigenvalue weighted by Gasteiger charge is -2.28. The van der Waals surface area contributed by atoms with Crippen LogP contribution in [0.2, 0.25) is 0 Å². The summed E-state index contributed by atoms with van der Waals surface area (Å²) in [5.74, 6) is 0.0651. The summed E-state index contributed by atoms with van der Waals surface area (Å²) in [6.45, 7) is 5.43. The van der Waals surface area contributed by atoms with Crippen molar-refractivity contribution in [2.45, 2.75) is 51.6 Å². The van der Waals surface area contributed by atoms with Crippen molar-refractivity contribution in [1.82, 2.24) is 10.2 Å². The van der Waals surface area contributed by atoms with Crippen LogP contribution in [-0.2, 0) is 4.79 Å². The SMILES string of the molecule is CC(C)NC(=O)CN1CCCCCC1CO. The Bertz CT molecular complexity index is 219. The van der Waals surface area contributed by atoms with Gasteiger partial charge in [-0.05, 0) is 33.2 Å². The van der Waals surface area contributed by atoms with Gasteiger partial charge in [0.15, 0.2) is 0 Å². The molecule has 94 valence electrons. The predicted molar refractivity (Wildman–Crippen MR) is 64.2 cm³/mol. The van der Waals surface area contributed by atoms with Gasteiger partial charge in [-0.25, -0.2) is 0 Å². The molecule has 1 aliphatic rings.